The summed E-state index contributed by atoms with van der Waals surface area (Å²) in [4.78, 5) is 21.2. The second-order valence-corrected chi connectivity index (χ2v) is 8.51. The second-order valence-electron chi connectivity index (χ2n) is 8.08. The number of benzene rings is 2. The zero-order valence-electron chi connectivity index (χ0n) is 17.9. The van der Waals surface area contributed by atoms with E-state index < -0.39 is 5.82 Å². The van der Waals surface area contributed by atoms with Crippen LogP contribution in [0, 0.1) is 5.82 Å². The van der Waals surface area contributed by atoms with E-state index in [1.165, 1.54) is 6.07 Å². The van der Waals surface area contributed by atoms with Crippen LogP contribution in [0.2, 0.25) is 5.02 Å². The van der Waals surface area contributed by atoms with Crippen molar-refractivity contribution in [2.24, 2.45) is 0 Å². The van der Waals surface area contributed by atoms with Crippen molar-refractivity contribution >= 4 is 34.1 Å². The van der Waals surface area contributed by atoms with Crippen LogP contribution in [0.3, 0.4) is 0 Å². The third-order valence-corrected chi connectivity index (χ3v) is 6.19. The number of carbonyl (C=O) groups is 1. The summed E-state index contributed by atoms with van der Waals surface area (Å²) in [6, 6.07) is 15.6. The van der Waals surface area contributed by atoms with Crippen molar-refractivity contribution in [3.8, 4) is 11.3 Å². The molecule has 0 aliphatic carbocycles. The highest BCUT2D eigenvalue weighted by Crippen LogP contribution is 2.34. The van der Waals surface area contributed by atoms with Crippen molar-refractivity contribution in [1.82, 2.24) is 20.1 Å². The molecule has 1 aliphatic heterocycles. The van der Waals surface area contributed by atoms with Crippen molar-refractivity contribution in [1.29, 1.82) is 0 Å². The van der Waals surface area contributed by atoms with Gasteiger partial charge in [0.15, 0.2) is 5.82 Å². The van der Waals surface area contributed by atoms with Crippen molar-refractivity contribution in [3.63, 3.8) is 0 Å². The number of hydrogen-bond donors (Lipinski definition) is 0. The topological polar surface area (TPSA) is 62.2 Å². The highest BCUT2D eigenvalue weighted by molar-refractivity contribution is 6.30. The number of piperazine rings is 1. The number of halogens is 2. The van der Waals surface area contributed by atoms with Gasteiger partial charge < -0.3 is 9.80 Å². The average Bonchev–Trinajstić information content (AvgIpc) is 2.84. The highest BCUT2D eigenvalue weighted by atomic mass is 35.5. The molecule has 5 rings (SSSR count). The first-order valence-corrected chi connectivity index (χ1v) is 11.1. The lowest BCUT2D eigenvalue weighted by atomic mass is 10.0. The minimum absolute atomic E-state index is 0.0160. The van der Waals surface area contributed by atoms with Crippen LogP contribution in [0.5, 0.6) is 0 Å². The maximum atomic E-state index is 14.6. The van der Waals surface area contributed by atoms with E-state index in [-0.39, 0.29) is 11.9 Å². The molecule has 0 radical (unpaired) electrons. The Labute approximate surface area is 195 Å². The molecule has 4 aromatic rings. The molecule has 166 valence electrons. The molecule has 1 atom stereocenters. The molecule has 0 bridgehead atoms. The van der Waals surface area contributed by atoms with Gasteiger partial charge in [-0.3, -0.25) is 9.78 Å². The van der Waals surface area contributed by atoms with Crippen LogP contribution in [-0.2, 0) is 0 Å². The van der Waals surface area contributed by atoms with Crippen LogP contribution >= 0.6 is 11.6 Å². The third-order valence-electron chi connectivity index (χ3n) is 5.96. The molecule has 6 nitrogen and oxygen atoms in total. The number of fused-ring (bicyclic) bond motifs is 1. The monoisotopic (exact) mass is 461 g/mol. The molecule has 1 aliphatic rings. The van der Waals surface area contributed by atoms with Gasteiger partial charge in [0, 0.05) is 65.0 Å². The van der Waals surface area contributed by atoms with E-state index in [0.717, 1.165) is 10.8 Å². The number of amides is 1. The molecule has 1 unspecified atom stereocenters. The fourth-order valence-electron chi connectivity index (χ4n) is 4.30. The number of anilines is 1. The molecule has 8 heteroatoms. The molecular weight excluding hydrogens is 441 g/mol. The van der Waals surface area contributed by atoms with Crippen LogP contribution in [0.1, 0.15) is 17.3 Å². The highest BCUT2D eigenvalue weighted by Gasteiger charge is 2.30. The van der Waals surface area contributed by atoms with Gasteiger partial charge in [-0.15, -0.1) is 10.2 Å². The summed E-state index contributed by atoms with van der Waals surface area (Å²) in [5, 5.41) is 10.7. The van der Waals surface area contributed by atoms with Gasteiger partial charge in [-0.2, -0.15) is 0 Å². The first-order chi connectivity index (χ1) is 16.0. The summed E-state index contributed by atoms with van der Waals surface area (Å²) in [5.41, 5.74) is 1.46. The molecule has 1 amide bonds. The number of pyridine rings is 1. The van der Waals surface area contributed by atoms with Gasteiger partial charge in [-0.25, -0.2) is 4.39 Å². The van der Waals surface area contributed by atoms with Crippen molar-refractivity contribution < 1.29 is 9.18 Å². The zero-order valence-corrected chi connectivity index (χ0v) is 18.7. The third kappa shape index (κ3) is 4.00. The number of hydrogen-bond acceptors (Lipinski definition) is 5. The molecule has 2 aromatic carbocycles. The Morgan fingerprint density at radius 2 is 1.88 bits per heavy atom. The normalized spacial score (nSPS) is 16.3. The lowest BCUT2D eigenvalue weighted by molar-refractivity contribution is 0.0726. The largest absolute Gasteiger partial charge is 0.348 e. The number of rotatable bonds is 3. The van der Waals surface area contributed by atoms with Gasteiger partial charge in [0.2, 0.25) is 0 Å². The van der Waals surface area contributed by atoms with E-state index in [1.807, 2.05) is 41.3 Å². The number of aromatic nitrogens is 3. The Morgan fingerprint density at radius 3 is 2.64 bits per heavy atom. The molecule has 1 fully saturated rings. The smallest absolute Gasteiger partial charge is 0.253 e. The first-order valence-electron chi connectivity index (χ1n) is 10.7. The van der Waals surface area contributed by atoms with Gasteiger partial charge in [0.1, 0.15) is 11.5 Å². The maximum Gasteiger partial charge on any atom is 0.253 e. The van der Waals surface area contributed by atoms with Crippen molar-refractivity contribution in [3.05, 3.63) is 83.4 Å². The summed E-state index contributed by atoms with van der Waals surface area (Å²) in [7, 11) is 0. The van der Waals surface area contributed by atoms with Crippen molar-refractivity contribution in [2.45, 2.75) is 13.0 Å². The van der Waals surface area contributed by atoms with E-state index in [9.17, 15) is 9.18 Å². The fraction of sp³-hybridized carbons (Fsp3) is 0.200. The average molecular weight is 462 g/mol. The standard InChI is InChI=1S/C25H21ClFN5O/c1-16-15-31(25(33)17-5-3-2-4-6-17)11-12-32(16)24-21-14-28-10-9-19(21)23(29-30-24)20-8-7-18(26)13-22(20)27/h2-10,13-14,16H,11-12,15H2,1H3. The molecule has 3 heterocycles. The van der Waals surface area contributed by atoms with Crippen LogP contribution in [0.25, 0.3) is 22.0 Å². The predicted octanol–water partition coefficient (Wildman–Crippen LogP) is 4.84. The van der Waals surface area contributed by atoms with E-state index in [4.69, 9.17) is 11.6 Å². The summed E-state index contributed by atoms with van der Waals surface area (Å²) in [5.74, 6) is 0.243. The predicted molar refractivity (Wildman–Crippen MR) is 127 cm³/mol. The molecule has 0 spiro atoms. The van der Waals surface area contributed by atoms with Gasteiger partial charge >= 0.3 is 0 Å². The van der Waals surface area contributed by atoms with Gasteiger partial charge in [0.25, 0.3) is 5.91 Å². The molecule has 33 heavy (non-hydrogen) atoms. The minimum atomic E-state index is -0.455. The van der Waals surface area contributed by atoms with Gasteiger partial charge in [-0.1, -0.05) is 29.8 Å². The van der Waals surface area contributed by atoms with Crippen molar-refractivity contribution in [2.75, 3.05) is 24.5 Å². The Balaban J connectivity index is 1.47. The summed E-state index contributed by atoms with van der Waals surface area (Å²) in [6.45, 7) is 3.79. The number of carbonyl (C=O) groups excluding carboxylic acids is 1. The molecule has 1 saturated heterocycles. The SMILES string of the molecule is CC1CN(C(=O)c2ccccc2)CCN1c1nnc(-c2ccc(Cl)cc2F)c2ccncc12. The van der Waals surface area contributed by atoms with Gasteiger partial charge in [-0.05, 0) is 43.3 Å². The van der Waals surface area contributed by atoms with Crippen LogP contribution in [-0.4, -0.2) is 51.7 Å². The van der Waals surface area contributed by atoms with Gasteiger partial charge in [0.05, 0.1) is 0 Å². The van der Waals surface area contributed by atoms with Crippen LogP contribution < -0.4 is 4.90 Å². The molecule has 2 aromatic heterocycles. The Kier molecular flexibility index (Phi) is 5.64. The lowest BCUT2D eigenvalue weighted by Gasteiger charge is -2.40. The van der Waals surface area contributed by atoms with E-state index in [0.29, 0.717) is 47.3 Å². The van der Waals surface area contributed by atoms with E-state index in [2.05, 4.69) is 27.0 Å². The van der Waals surface area contributed by atoms with Crippen LogP contribution in [0.15, 0.2) is 67.0 Å². The quantitative estimate of drug-likeness (QED) is 0.437. The summed E-state index contributed by atoms with van der Waals surface area (Å²) < 4.78 is 14.6. The lowest BCUT2D eigenvalue weighted by Crippen LogP contribution is -2.54. The zero-order chi connectivity index (χ0) is 22.9. The van der Waals surface area contributed by atoms with Crippen LogP contribution in [0.4, 0.5) is 10.2 Å². The number of nitrogens with zero attached hydrogens (tertiary/aromatic N) is 5. The molecule has 0 N–H and O–H groups in total. The Morgan fingerprint density at radius 1 is 1.06 bits per heavy atom. The first kappa shape index (κ1) is 21.3. The minimum Gasteiger partial charge on any atom is -0.348 e. The Bertz CT molecular complexity index is 1330. The summed E-state index contributed by atoms with van der Waals surface area (Å²) >= 11 is 5.92. The Hall–Kier alpha value is -3.58. The molecular formula is C25H21ClFN5O. The summed E-state index contributed by atoms with van der Waals surface area (Å²) in [6.07, 6.45) is 3.38. The van der Waals surface area contributed by atoms with E-state index >= 15 is 0 Å². The maximum absolute atomic E-state index is 14.6. The molecule has 0 saturated carbocycles. The fourth-order valence-corrected chi connectivity index (χ4v) is 4.46. The second kappa shape index (κ2) is 8.75. The van der Waals surface area contributed by atoms with E-state index in [1.54, 1.807) is 24.5 Å².